The third-order valence-electron chi connectivity index (χ3n) is 8.55. The van der Waals surface area contributed by atoms with Crippen molar-refractivity contribution in [2.24, 2.45) is 34.5 Å². The van der Waals surface area contributed by atoms with Gasteiger partial charge in [-0.1, -0.05) is 26.8 Å². The number of Topliss-reactive ketones (excluding diaryl/α,β-unsaturated/α-hetero) is 1. The highest BCUT2D eigenvalue weighted by molar-refractivity contribution is 5.85. The van der Waals surface area contributed by atoms with E-state index < -0.39 is 0 Å². The molecule has 1 saturated heterocycles. The Morgan fingerprint density at radius 3 is 2.36 bits per heavy atom. The van der Waals surface area contributed by atoms with Crippen LogP contribution in [0.5, 0.6) is 0 Å². The summed E-state index contributed by atoms with van der Waals surface area (Å²) in [4.78, 5) is 13.0. The average molecular weight is 347 g/mol. The Morgan fingerprint density at radius 2 is 1.72 bits per heavy atom. The first-order valence-electron chi connectivity index (χ1n) is 10.3. The maximum absolute atomic E-state index is 13.0. The van der Waals surface area contributed by atoms with E-state index in [9.17, 15) is 4.79 Å². The standard InChI is InChI=1S/C22H34O3/c1-5-16-17(20(3)9-6-15(2)14-19(20)23)7-10-21(4)18(16)8-11-22(21)24-12-13-25-22/h5,15-18H,1,6-14H2,2-4H3/t15-,16+,17?,18?,20+,21-/m0/s1. The van der Waals surface area contributed by atoms with E-state index in [-0.39, 0.29) is 16.6 Å². The van der Waals surface area contributed by atoms with Crippen molar-refractivity contribution in [1.29, 1.82) is 0 Å². The Hall–Kier alpha value is -0.670. The van der Waals surface area contributed by atoms with Crippen LogP contribution in [0.3, 0.4) is 0 Å². The zero-order valence-electron chi connectivity index (χ0n) is 16.2. The number of hydrogen-bond acceptors (Lipinski definition) is 3. The lowest BCUT2D eigenvalue weighted by molar-refractivity contribution is -0.239. The number of rotatable bonds is 2. The summed E-state index contributed by atoms with van der Waals surface area (Å²) in [5, 5.41) is 0. The van der Waals surface area contributed by atoms with Gasteiger partial charge in [0.2, 0.25) is 0 Å². The monoisotopic (exact) mass is 346 g/mol. The second-order valence-electron chi connectivity index (χ2n) is 9.66. The summed E-state index contributed by atoms with van der Waals surface area (Å²) in [6, 6.07) is 0. The highest BCUT2D eigenvalue weighted by Crippen LogP contribution is 2.66. The van der Waals surface area contributed by atoms with Crippen LogP contribution in [0.4, 0.5) is 0 Å². The van der Waals surface area contributed by atoms with Gasteiger partial charge < -0.3 is 9.47 Å². The highest BCUT2D eigenvalue weighted by atomic mass is 16.7. The van der Waals surface area contributed by atoms with E-state index in [0.29, 0.717) is 29.5 Å². The molecular weight excluding hydrogens is 312 g/mol. The Balaban J connectivity index is 1.64. The third-order valence-corrected chi connectivity index (χ3v) is 8.55. The van der Waals surface area contributed by atoms with Gasteiger partial charge in [0, 0.05) is 23.7 Å². The topological polar surface area (TPSA) is 35.5 Å². The lowest BCUT2D eigenvalue weighted by Gasteiger charge is -2.55. The van der Waals surface area contributed by atoms with Crippen LogP contribution in [0.15, 0.2) is 12.7 Å². The lowest BCUT2D eigenvalue weighted by atomic mass is 9.51. The number of carbonyl (C=O) groups excluding carboxylic acids is 1. The first kappa shape index (κ1) is 17.7. The molecule has 4 fully saturated rings. The summed E-state index contributed by atoms with van der Waals surface area (Å²) in [5.41, 5.74) is -0.111. The molecule has 6 atom stereocenters. The summed E-state index contributed by atoms with van der Waals surface area (Å²) in [5.74, 6) is 2.01. The number of ether oxygens (including phenoxy) is 2. The fourth-order valence-corrected chi connectivity index (χ4v) is 6.88. The normalized spacial score (nSPS) is 49.3. The molecule has 3 aliphatic carbocycles. The number of fused-ring (bicyclic) bond motifs is 2. The summed E-state index contributed by atoms with van der Waals surface area (Å²) in [6.45, 7) is 12.5. The van der Waals surface area contributed by atoms with Gasteiger partial charge in [-0.05, 0) is 55.8 Å². The SMILES string of the molecule is C=C[C@@H]1C([C@@]2(C)CC[C@H](C)CC2=O)CC[C@@]2(C)C1CCC21OCCO1. The van der Waals surface area contributed by atoms with Gasteiger partial charge in [-0.25, -0.2) is 0 Å². The smallest absolute Gasteiger partial charge is 0.174 e. The van der Waals surface area contributed by atoms with Crippen molar-refractivity contribution >= 4 is 5.78 Å². The molecule has 0 amide bonds. The molecule has 3 heteroatoms. The van der Waals surface area contributed by atoms with Gasteiger partial charge in [-0.2, -0.15) is 0 Å². The molecule has 140 valence electrons. The number of ketones is 1. The van der Waals surface area contributed by atoms with Crippen molar-refractivity contribution in [2.75, 3.05) is 13.2 Å². The molecule has 1 heterocycles. The number of allylic oxidation sites excluding steroid dienone is 1. The van der Waals surface area contributed by atoms with Crippen LogP contribution in [-0.2, 0) is 14.3 Å². The molecule has 0 aromatic heterocycles. The minimum absolute atomic E-state index is 0.0558. The van der Waals surface area contributed by atoms with Crippen LogP contribution in [0.25, 0.3) is 0 Å². The Morgan fingerprint density at radius 1 is 1.04 bits per heavy atom. The van der Waals surface area contributed by atoms with E-state index in [1.165, 1.54) is 6.42 Å². The first-order chi connectivity index (χ1) is 11.9. The average Bonchev–Trinajstić information content (AvgIpc) is 3.18. The molecule has 0 N–H and O–H groups in total. The molecule has 2 unspecified atom stereocenters. The van der Waals surface area contributed by atoms with E-state index in [1.54, 1.807) is 0 Å². The van der Waals surface area contributed by atoms with Gasteiger partial charge in [0.05, 0.1) is 13.2 Å². The first-order valence-corrected chi connectivity index (χ1v) is 10.3. The van der Waals surface area contributed by atoms with Crippen LogP contribution in [0.1, 0.15) is 65.7 Å². The zero-order chi connectivity index (χ0) is 17.9. The molecule has 25 heavy (non-hydrogen) atoms. The molecule has 0 radical (unpaired) electrons. The van der Waals surface area contributed by atoms with Gasteiger partial charge in [0.25, 0.3) is 0 Å². The van der Waals surface area contributed by atoms with Gasteiger partial charge >= 0.3 is 0 Å². The van der Waals surface area contributed by atoms with Crippen molar-refractivity contribution in [2.45, 2.75) is 71.5 Å². The fourth-order valence-electron chi connectivity index (χ4n) is 6.88. The quantitative estimate of drug-likeness (QED) is 0.677. The van der Waals surface area contributed by atoms with Crippen LogP contribution < -0.4 is 0 Å². The number of hydrogen-bond donors (Lipinski definition) is 0. The minimum Gasteiger partial charge on any atom is -0.347 e. The minimum atomic E-state index is -0.379. The Bertz CT molecular complexity index is 564. The van der Waals surface area contributed by atoms with Crippen molar-refractivity contribution in [3.63, 3.8) is 0 Å². The largest absolute Gasteiger partial charge is 0.347 e. The zero-order valence-corrected chi connectivity index (χ0v) is 16.2. The molecule has 0 bridgehead atoms. The summed E-state index contributed by atoms with van der Waals surface area (Å²) in [6.07, 6.45) is 9.47. The molecule has 3 saturated carbocycles. The second-order valence-corrected chi connectivity index (χ2v) is 9.66. The van der Waals surface area contributed by atoms with Crippen LogP contribution in [0, 0.1) is 34.5 Å². The summed E-state index contributed by atoms with van der Waals surface area (Å²) < 4.78 is 12.4. The van der Waals surface area contributed by atoms with Gasteiger partial charge in [-0.3, -0.25) is 4.79 Å². The van der Waals surface area contributed by atoms with Crippen molar-refractivity contribution in [1.82, 2.24) is 0 Å². The van der Waals surface area contributed by atoms with E-state index >= 15 is 0 Å². The van der Waals surface area contributed by atoms with Gasteiger partial charge in [-0.15, -0.1) is 6.58 Å². The summed E-state index contributed by atoms with van der Waals surface area (Å²) in [7, 11) is 0. The molecule has 0 aromatic rings. The molecule has 4 rings (SSSR count). The molecular formula is C22H34O3. The van der Waals surface area contributed by atoms with E-state index in [2.05, 4.69) is 33.4 Å². The van der Waals surface area contributed by atoms with Crippen LogP contribution >= 0.6 is 0 Å². The Labute approximate surface area is 152 Å². The second kappa shape index (κ2) is 5.92. The van der Waals surface area contributed by atoms with Crippen molar-refractivity contribution in [3.05, 3.63) is 12.7 Å². The van der Waals surface area contributed by atoms with Crippen LogP contribution in [-0.4, -0.2) is 24.8 Å². The van der Waals surface area contributed by atoms with Crippen molar-refractivity contribution in [3.8, 4) is 0 Å². The van der Waals surface area contributed by atoms with Crippen LogP contribution in [0.2, 0.25) is 0 Å². The fraction of sp³-hybridized carbons (Fsp3) is 0.864. The number of carbonyl (C=O) groups is 1. The van der Waals surface area contributed by atoms with E-state index in [1.807, 2.05) is 0 Å². The summed E-state index contributed by atoms with van der Waals surface area (Å²) >= 11 is 0. The molecule has 0 aromatic carbocycles. The molecule has 1 spiro atoms. The highest BCUT2D eigenvalue weighted by Gasteiger charge is 2.66. The predicted octanol–water partition coefficient (Wildman–Crippen LogP) is 4.75. The third kappa shape index (κ3) is 2.34. The Kier molecular flexibility index (Phi) is 4.20. The lowest BCUT2D eigenvalue weighted by Crippen LogP contribution is -2.54. The predicted molar refractivity (Wildman–Crippen MR) is 98.0 cm³/mol. The van der Waals surface area contributed by atoms with Crippen molar-refractivity contribution < 1.29 is 14.3 Å². The van der Waals surface area contributed by atoms with Gasteiger partial charge in [0.15, 0.2) is 5.79 Å². The van der Waals surface area contributed by atoms with E-state index in [4.69, 9.17) is 9.47 Å². The maximum atomic E-state index is 13.0. The van der Waals surface area contributed by atoms with Gasteiger partial charge in [0.1, 0.15) is 5.78 Å². The van der Waals surface area contributed by atoms with E-state index in [0.717, 1.165) is 51.7 Å². The molecule has 1 aliphatic heterocycles. The molecule has 4 aliphatic rings. The molecule has 3 nitrogen and oxygen atoms in total. The maximum Gasteiger partial charge on any atom is 0.174 e.